The standard InChI is InChI=1S/C24H22N4O3S2/c1-3-31-18-11-9-17(10-12-18)26-21(30)14-32-24-27-19(13-20(29)28-24)22-15(2)25-23(33-22)16-7-5-4-6-8-16/h4-13H,3,14H2,1-2H3,(H,26,30)(H,27,28,29). The molecule has 2 aromatic carbocycles. The SMILES string of the molecule is CCOc1ccc(NC(=O)CSc2nc(-c3sc(-c4ccccc4)nc3C)cc(=O)[nH]2)cc1. The summed E-state index contributed by atoms with van der Waals surface area (Å²) in [7, 11) is 0. The number of H-pyrrole nitrogens is 1. The zero-order valence-electron chi connectivity index (χ0n) is 18.1. The van der Waals surface area contributed by atoms with Gasteiger partial charge in [0.2, 0.25) is 5.91 Å². The molecule has 0 radical (unpaired) electrons. The number of anilines is 1. The van der Waals surface area contributed by atoms with Crippen molar-refractivity contribution in [3.8, 4) is 26.9 Å². The highest BCUT2D eigenvalue weighted by molar-refractivity contribution is 7.99. The number of carbonyl (C=O) groups excluding carboxylic acids is 1. The van der Waals surface area contributed by atoms with Gasteiger partial charge in [-0.1, -0.05) is 42.1 Å². The summed E-state index contributed by atoms with van der Waals surface area (Å²) in [4.78, 5) is 37.4. The second-order valence-corrected chi connectivity index (χ2v) is 8.99. The maximum absolute atomic E-state index is 12.4. The molecule has 0 unspecified atom stereocenters. The number of hydrogen-bond donors (Lipinski definition) is 2. The Labute approximate surface area is 199 Å². The van der Waals surface area contributed by atoms with Crippen molar-refractivity contribution in [2.24, 2.45) is 0 Å². The zero-order valence-corrected chi connectivity index (χ0v) is 19.8. The first-order valence-electron chi connectivity index (χ1n) is 10.3. The first-order chi connectivity index (χ1) is 16.0. The Balaban J connectivity index is 1.45. The Morgan fingerprint density at radius 3 is 2.61 bits per heavy atom. The van der Waals surface area contributed by atoms with Crippen molar-refractivity contribution < 1.29 is 9.53 Å². The van der Waals surface area contributed by atoms with E-state index in [1.165, 1.54) is 29.2 Å². The van der Waals surface area contributed by atoms with Gasteiger partial charge in [-0.2, -0.15) is 0 Å². The third kappa shape index (κ3) is 5.88. The summed E-state index contributed by atoms with van der Waals surface area (Å²) >= 11 is 2.66. The number of aromatic amines is 1. The van der Waals surface area contributed by atoms with Crippen molar-refractivity contribution in [2.75, 3.05) is 17.7 Å². The number of benzene rings is 2. The van der Waals surface area contributed by atoms with Crippen LogP contribution in [0.4, 0.5) is 5.69 Å². The van der Waals surface area contributed by atoms with E-state index in [4.69, 9.17) is 4.74 Å². The Kier molecular flexibility index (Phi) is 7.21. The lowest BCUT2D eigenvalue weighted by atomic mass is 10.2. The Morgan fingerprint density at radius 1 is 1.12 bits per heavy atom. The van der Waals surface area contributed by atoms with Gasteiger partial charge in [0.25, 0.3) is 5.56 Å². The third-order valence-electron chi connectivity index (χ3n) is 4.56. The van der Waals surface area contributed by atoms with E-state index in [0.29, 0.717) is 23.1 Å². The van der Waals surface area contributed by atoms with Crippen molar-refractivity contribution in [3.63, 3.8) is 0 Å². The molecule has 0 spiro atoms. The summed E-state index contributed by atoms with van der Waals surface area (Å²) in [5.41, 5.74) is 2.77. The number of hydrogen-bond acceptors (Lipinski definition) is 7. The van der Waals surface area contributed by atoms with Crippen LogP contribution in [-0.2, 0) is 4.79 Å². The van der Waals surface area contributed by atoms with Crippen LogP contribution in [0, 0.1) is 6.92 Å². The van der Waals surface area contributed by atoms with E-state index >= 15 is 0 Å². The molecule has 9 heteroatoms. The van der Waals surface area contributed by atoms with Crippen LogP contribution in [0.3, 0.4) is 0 Å². The molecule has 0 bridgehead atoms. The highest BCUT2D eigenvalue weighted by Crippen LogP contribution is 2.34. The van der Waals surface area contributed by atoms with E-state index in [1.54, 1.807) is 24.3 Å². The van der Waals surface area contributed by atoms with Crippen LogP contribution in [-0.4, -0.2) is 33.2 Å². The lowest BCUT2D eigenvalue weighted by molar-refractivity contribution is -0.113. The summed E-state index contributed by atoms with van der Waals surface area (Å²) in [5.74, 6) is 0.658. The maximum Gasteiger partial charge on any atom is 0.252 e. The maximum atomic E-state index is 12.4. The molecule has 33 heavy (non-hydrogen) atoms. The topological polar surface area (TPSA) is 97.0 Å². The van der Waals surface area contributed by atoms with Gasteiger partial charge in [0.1, 0.15) is 10.8 Å². The molecule has 2 aromatic heterocycles. The predicted octanol–water partition coefficient (Wildman–Crippen LogP) is 5.00. The van der Waals surface area contributed by atoms with Gasteiger partial charge in [0, 0.05) is 17.3 Å². The normalized spacial score (nSPS) is 10.7. The molecule has 0 aliphatic rings. The first-order valence-corrected chi connectivity index (χ1v) is 12.1. The predicted molar refractivity (Wildman–Crippen MR) is 133 cm³/mol. The number of ether oxygens (including phenoxy) is 1. The van der Waals surface area contributed by atoms with Gasteiger partial charge in [0.15, 0.2) is 5.16 Å². The molecule has 168 valence electrons. The number of nitrogens with zero attached hydrogens (tertiary/aromatic N) is 2. The number of thiazole rings is 1. The largest absolute Gasteiger partial charge is 0.494 e. The molecule has 0 saturated carbocycles. The van der Waals surface area contributed by atoms with E-state index < -0.39 is 0 Å². The summed E-state index contributed by atoms with van der Waals surface area (Å²) in [5, 5.41) is 4.08. The number of aromatic nitrogens is 3. The molecule has 0 aliphatic heterocycles. The molecular formula is C24H22N4O3S2. The molecule has 0 fully saturated rings. The summed E-state index contributed by atoms with van der Waals surface area (Å²) in [6.07, 6.45) is 0. The molecule has 1 amide bonds. The van der Waals surface area contributed by atoms with Gasteiger partial charge in [-0.15, -0.1) is 11.3 Å². The fraction of sp³-hybridized carbons (Fsp3) is 0.167. The van der Waals surface area contributed by atoms with Gasteiger partial charge in [-0.3, -0.25) is 9.59 Å². The van der Waals surface area contributed by atoms with Gasteiger partial charge in [0.05, 0.1) is 28.6 Å². The van der Waals surface area contributed by atoms with Crippen LogP contribution < -0.4 is 15.6 Å². The minimum atomic E-state index is -0.275. The van der Waals surface area contributed by atoms with Crippen LogP contribution in [0.1, 0.15) is 12.6 Å². The van der Waals surface area contributed by atoms with Crippen LogP contribution in [0.15, 0.2) is 70.6 Å². The molecule has 0 aliphatic carbocycles. The average molecular weight is 479 g/mol. The second-order valence-electron chi connectivity index (χ2n) is 7.03. The van der Waals surface area contributed by atoms with E-state index in [-0.39, 0.29) is 17.2 Å². The van der Waals surface area contributed by atoms with E-state index in [1.807, 2.05) is 44.2 Å². The number of thioether (sulfide) groups is 1. The molecule has 4 aromatic rings. The number of amides is 1. The molecule has 2 heterocycles. The van der Waals surface area contributed by atoms with Gasteiger partial charge in [-0.25, -0.2) is 9.97 Å². The Bertz CT molecular complexity index is 1300. The monoisotopic (exact) mass is 478 g/mol. The molecule has 2 N–H and O–H groups in total. The fourth-order valence-corrected chi connectivity index (χ4v) is 4.80. The van der Waals surface area contributed by atoms with Crippen LogP contribution in [0.2, 0.25) is 0 Å². The second kappa shape index (κ2) is 10.5. The highest BCUT2D eigenvalue weighted by Gasteiger charge is 2.15. The van der Waals surface area contributed by atoms with E-state index in [9.17, 15) is 9.59 Å². The molecule has 0 saturated heterocycles. The smallest absolute Gasteiger partial charge is 0.252 e. The summed E-state index contributed by atoms with van der Waals surface area (Å²) in [6, 6.07) is 18.5. The minimum Gasteiger partial charge on any atom is -0.494 e. The van der Waals surface area contributed by atoms with Crippen molar-refractivity contribution in [1.82, 2.24) is 15.0 Å². The third-order valence-corrected chi connectivity index (χ3v) is 6.66. The van der Waals surface area contributed by atoms with Crippen molar-refractivity contribution in [3.05, 3.63) is 76.7 Å². The summed E-state index contributed by atoms with van der Waals surface area (Å²) in [6.45, 7) is 4.40. The summed E-state index contributed by atoms with van der Waals surface area (Å²) < 4.78 is 5.40. The van der Waals surface area contributed by atoms with Crippen molar-refractivity contribution >= 4 is 34.7 Å². The zero-order chi connectivity index (χ0) is 23.2. The molecule has 4 rings (SSSR count). The first kappa shape index (κ1) is 22.8. The number of aryl methyl sites for hydroxylation is 1. The van der Waals surface area contributed by atoms with E-state index in [2.05, 4.69) is 20.3 Å². The van der Waals surface area contributed by atoms with Crippen molar-refractivity contribution in [1.29, 1.82) is 0 Å². The number of rotatable bonds is 8. The average Bonchev–Trinajstić information content (AvgIpc) is 3.21. The Morgan fingerprint density at radius 2 is 1.88 bits per heavy atom. The van der Waals surface area contributed by atoms with Crippen molar-refractivity contribution in [2.45, 2.75) is 19.0 Å². The molecule has 7 nitrogen and oxygen atoms in total. The van der Waals surface area contributed by atoms with Gasteiger partial charge >= 0.3 is 0 Å². The van der Waals surface area contributed by atoms with E-state index in [0.717, 1.165) is 26.9 Å². The molecule has 0 atom stereocenters. The van der Waals surface area contributed by atoms with Crippen LogP contribution in [0.25, 0.3) is 21.1 Å². The number of nitrogens with one attached hydrogen (secondary N) is 2. The lowest BCUT2D eigenvalue weighted by Crippen LogP contribution is -2.15. The number of carbonyl (C=O) groups is 1. The van der Waals surface area contributed by atoms with Gasteiger partial charge < -0.3 is 15.0 Å². The quantitative estimate of drug-likeness (QED) is 0.273. The fourth-order valence-electron chi connectivity index (χ4n) is 3.09. The van der Waals surface area contributed by atoms with Crippen LogP contribution >= 0.6 is 23.1 Å². The van der Waals surface area contributed by atoms with Crippen LogP contribution in [0.5, 0.6) is 5.75 Å². The minimum absolute atomic E-state index is 0.108. The Hall–Kier alpha value is -3.43. The molecular weight excluding hydrogens is 456 g/mol. The lowest BCUT2D eigenvalue weighted by Gasteiger charge is -2.07. The van der Waals surface area contributed by atoms with Gasteiger partial charge in [-0.05, 0) is 38.1 Å². The highest BCUT2D eigenvalue weighted by atomic mass is 32.2.